The van der Waals surface area contributed by atoms with Gasteiger partial charge in [-0.3, -0.25) is 4.79 Å². The van der Waals surface area contributed by atoms with Gasteiger partial charge in [-0.2, -0.15) is 0 Å². The van der Waals surface area contributed by atoms with E-state index in [0.29, 0.717) is 17.3 Å². The lowest BCUT2D eigenvalue weighted by Crippen LogP contribution is -2.23. The molecule has 0 saturated heterocycles. The molecular weight excluding hydrogens is 362 g/mol. The van der Waals surface area contributed by atoms with E-state index in [1.54, 1.807) is 13.0 Å². The molecule has 0 aliphatic heterocycles. The van der Waals surface area contributed by atoms with Gasteiger partial charge in [0.2, 0.25) is 0 Å². The van der Waals surface area contributed by atoms with Crippen molar-refractivity contribution in [3.05, 3.63) is 53.6 Å². The molecule has 2 aromatic carbocycles. The fourth-order valence-corrected chi connectivity index (χ4v) is 2.88. The number of carbonyl (C=O) groups is 2. The predicted octanol–water partition coefficient (Wildman–Crippen LogP) is 4.01. The van der Waals surface area contributed by atoms with Crippen LogP contribution in [0.15, 0.2) is 58.3 Å². The second-order valence-corrected chi connectivity index (χ2v) is 6.45. The Morgan fingerprint density at radius 2 is 1.80 bits per heavy atom. The van der Waals surface area contributed by atoms with Gasteiger partial charge in [0.1, 0.15) is 6.61 Å². The second-order valence-electron chi connectivity index (χ2n) is 4.90. The van der Waals surface area contributed by atoms with Crippen molar-refractivity contribution in [2.45, 2.75) is 16.7 Å². The maximum absolute atomic E-state index is 12.0. The van der Waals surface area contributed by atoms with Gasteiger partial charge in [-0.05, 0) is 43.3 Å². The van der Waals surface area contributed by atoms with E-state index in [0.717, 1.165) is 9.79 Å². The summed E-state index contributed by atoms with van der Waals surface area (Å²) in [6.07, 6.45) is 0. The van der Waals surface area contributed by atoms with E-state index in [-0.39, 0.29) is 13.2 Å². The third-order valence-corrected chi connectivity index (χ3v) is 4.33. The van der Waals surface area contributed by atoms with Gasteiger partial charge >= 0.3 is 5.97 Å². The monoisotopic (exact) mass is 379 g/mol. The Labute approximate surface area is 155 Å². The number of amides is 1. The normalized spacial score (nSPS) is 10.3. The number of hydrogen-bond donors (Lipinski definition) is 1. The van der Waals surface area contributed by atoms with E-state index < -0.39 is 11.9 Å². The molecule has 0 heterocycles. The minimum absolute atomic E-state index is 0.160. The number of carbonyl (C=O) groups excluding carboxylic acids is 2. The van der Waals surface area contributed by atoms with E-state index >= 15 is 0 Å². The highest BCUT2D eigenvalue weighted by atomic mass is 35.5. The van der Waals surface area contributed by atoms with Crippen LogP contribution in [0.25, 0.3) is 0 Å². The topological polar surface area (TPSA) is 64.6 Å². The third kappa shape index (κ3) is 6.78. The first-order chi connectivity index (χ1) is 12.1. The number of ether oxygens (including phenoxy) is 2. The van der Waals surface area contributed by atoms with Gasteiger partial charge in [-0.15, -0.1) is 0 Å². The van der Waals surface area contributed by atoms with E-state index in [2.05, 4.69) is 5.32 Å². The smallest absolute Gasteiger partial charge is 0.332 e. The van der Waals surface area contributed by atoms with E-state index in [1.807, 2.05) is 42.5 Å². The van der Waals surface area contributed by atoms with Gasteiger partial charge in [0.25, 0.3) is 5.91 Å². The van der Waals surface area contributed by atoms with Crippen LogP contribution in [-0.2, 0) is 19.1 Å². The Kier molecular flexibility index (Phi) is 7.78. The summed E-state index contributed by atoms with van der Waals surface area (Å²) in [5.41, 5.74) is 0.647. The molecule has 0 spiro atoms. The molecule has 132 valence electrons. The zero-order chi connectivity index (χ0) is 18.1. The maximum Gasteiger partial charge on any atom is 0.332 e. The van der Waals surface area contributed by atoms with Crippen molar-refractivity contribution in [2.24, 2.45) is 0 Å². The summed E-state index contributed by atoms with van der Waals surface area (Å²) in [5, 5.41) is 3.42. The summed E-state index contributed by atoms with van der Waals surface area (Å²) in [6.45, 7) is 1.67. The second kappa shape index (κ2) is 10.1. The van der Waals surface area contributed by atoms with Crippen molar-refractivity contribution in [3.63, 3.8) is 0 Å². The van der Waals surface area contributed by atoms with Crippen LogP contribution in [0.3, 0.4) is 0 Å². The zero-order valence-corrected chi connectivity index (χ0v) is 15.2. The Hall–Kier alpha value is -2.02. The Morgan fingerprint density at radius 1 is 1.08 bits per heavy atom. The first-order valence-corrected chi connectivity index (χ1v) is 8.83. The van der Waals surface area contributed by atoms with Crippen molar-refractivity contribution >= 4 is 40.9 Å². The molecule has 0 saturated carbocycles. The summed E-state index contributed by atoms with van der Waals surface area (Å²) < 4.78 is 9.77. The number of para-hydroxylation sites is 1. The summed E-state index contributed by atoms with van der Waals surface area (Å²) in [5.74, 6) is -0.977. The molecule has 25 heavy (non-hydrogen) atoms. The molecule has 2 aromatic rings. The van der Waals surface area contributed by atoms with Crippen LogP contribution in [0.1, 0.15) is 6.92 Å². The van der Waals surface area contributed by atoms with Crippen LogP contribution in [0, 0.1) is 0 Å². The van der Waals surface area contributed by atoms with Crippen LogP contribution >= 0.6 is 23.4 Å². The highest BCUT2D eigenvalue weighted by molar-refractivity contribution is 7.99. The van der Waals surface area contributed by atoms with Crippen LogP contribution in [0.5, 0.6) is 0 Å². The van der Waals surface area contributed by atoms with Gasteiger partial charge in [0, 0.05) is 21.4 Å². The van der Waals surface area contributed by atoms with Gasteiger partial charge in [-0.25, -0.2) is 4.79 Å². The Balaban J connectivity index is 1.94. The van der Waals surface area contributed by atoms with Crippen LogP contribution in [0.4, 0.5) is 5.69 Å². The molecule has 1 amide bonds. The minimum atomic E-state index is -0.569. The van der Waals surface area contributed by atoms with E-state index in [9.17, 15) is 9.59 Å². The molecular formula is C18H18ClNO4S. The highest BCUT2D eigenvalue weighted by Crippen LogP contribution is 2.33. The molecule has 0 atom stereocenters. The molecule has 0 aromatic heterocycles. The first-order valence-electron chi connectivity index (χ1n) is 7.64. The van der Waals surface area contributed by atoms with Gasteiger partial charge in [0.15, 0.2) is 6.61 Å². The molecule has 0 aliphatic rings. The number of nitrogens with one attached hydrogen (secondary N) is 1. The number of halogens is 1. The van der Waals surface area contributed by atoms with Gasteiger partial charge < -0.3 is 14.8 Å². The maximum atomic E-state index is 12.0. The summed E-state index contributed by atoms with van der Waals surface area (Å²) in [4.78, 5) is 25.2. The highest BCUT2D eigenvalue weighted by Gasteiger charge is 2.11. The lowest BCUT2D eigenvalue weighted by molar-refractivity contribution is -0.151. The van der Waals surface area contributed by atoms with Crippen LogP contribution in [-0.4, -0.2) is 31.7 Å². The quantitative estimate of drug-likeness (QED) is 0.702. The summed E-state index contributed by atoms with van der Waals surface area (Å²) >= 11 is 7.39. The van der Waals surface area contributed by atoms with E-state index in [4.69, 9.17) is 21.1 Å². The lowest BCUT2D eigenvalue weighted by Gasteiger charge is -2.11. The third-order valence-electron chi connectivity index (χ3n) is 2.99. The van der Waals surface area contributed by atoms with Crippen LogP contribution < -0.4 is 5.32 Å². The molecule has 5 nitrogen and oxygen atoms in total. The lowest BCUT2D eigenvalue weighted by atomic mass is 10.3. The Bertz CT molecular complexity index is 721. The number of hydrogen-bond acceptors (Lipinski definition) is 5. The molecule has 0 fully saturated rings. The number of anilines is 1. The Morgan fingerprint density at radius 3 is 2.52 bits per heavy atom. The van der Waals surface area contributed by atoms with Gasteiger partial charge in [-0.1, -0.05) is 35.5 Å². The van der Waals surface area contributed by atoms with Gasteiger partial charge in [0.05, 0.1) is 5.69 Å². The SMILES string of the molecule is CCOCC(=O)OCC(=O)Nc1ccccc1Sc1ccc(Cl)cc1. The number of rotatable bonds is 8. The molecule has 0 radical (unpaired) electrons. The van der Waals surface area contributed by atoms with Crippen molar-refractivity contribution < 1.29 is 19.1 Å². The summed E-state index contributed by atoms with van der Waals surface area (Å²) in [7, 11) is 0. The average Bonchev–Trinajstić information content (AvgIpc) is 2.61. The molecule has 0 bridgehead atoms. The van der Waals surface area contributed by atoms with Crippen molar-refractivity contribution in [2.75, 3.05) is 25.1 Å². The number of benzene rings is 2. The minimum Gasteiger partial charge on any atom is -0.454 e. The first kappa shape index (κ1) is 19.3. The fourth-order valence-electron chi connectivity index (χ4n) is 1.85. The standard InChI is InChI=1S/C18H18ClNO4S/c1-2-23-12-18(22)24-11-17(21)20-15-5-3-4-6-16(15)25-14-9-7-13(19)8-10-14/h3-10H,2,11-12H2,1H3,(H,20,21). The van der Waals surface area contributed by atoms with Crippen molar-refractivity contribution in [1.82, 2.24) is 0 Å². The zero-order valence-electron chi connectivity index (χ0n) is 13.7. The average molecular weight is 380 g/mol. The number of esters is 1. The molecule has 0 unspecified atom stereocenters. The fraction of sp³-hybridized carbons (Fsp3) is 0.222. The molecule has 1 N–H and O–H groups in total. The molecule has 7 heteroatoms. The van der Waals surface area contributed by atoms with E-state index in [1.165, 1.54) is 11.8 Å². The largest absolute Gasteiger partial charge is 0.454 e. The van der Waals surface area contributed by atoms with Crippen LogP contribution in [0.2, 0.25) is 5.02 Å². The molecule has 2 rings (SSSR count). The van der Waals surface area contributed by atoms with Crippen molar-refractivity contribution in [1.29, 1.82) is 0 Å². The summed E-state index contributed by atoms with van der Waals surface area (Å²) in [6, 6.07) is 14.8. The molecule has 0 aliphatic carbocycles. The van der Waals surface area contributed by atoms with Crippen molar-refractivity contribution in [3.8, 4) is 0 Å². The predicted molar refractivity (Wildman–Crippen MR) is 98.1 cm³/mol.